The van der Waals surface area contributed by atoms with E-state index in [1.54, 1.807) is 29.1 Å². The number of benzene rings is 3. The van der Waals surface area contributed by atoms with Gasteiger partial charge in [0.1, 0.15) is 24.2 Å². The molecule has 8 heteroatoms. The molecule has 0 radical (unpaired) electrons. The third-order valence-corrected chi connectivity index (χ3v) is 5.66. The predicted octanol–water partition coefficient (Wildman–Crippen LogP) is 3.75. The van der Waals surface area contributed by atoms with Gasteiger partial charge in [-0.15, -0.1) is 0 Å². The Kier molecular flexibility index (Phi) is 6.36. The summed E-state index contributed by atoms with van der Waals surface area (Å²) in [6.45, 7) is 2.19. The minimum Gasteiger partial charge on any atom is -0.491 e. The number of hydrogen-bond donors (Lipinski definition) is 2. The number of rotatable bonds is 8. The van der Waals surface area contributed by atoms with Gasteiger partial charge in [0.05, 0.1) is 11.3 Å². The summed E-state index contributed by atoms with van der Waals surface area (Å²) in [4.78, 5) is 13.2. The van der Waals surface area contributed by atoms with Crippen LogP contribution in [0.5, 0.6) is 17.2 Å². The van der Waals surface area contributed by atoms with Crippen molar-refractivity contribution in [1.29, 1.82) is 0 Å². The van der Waals surface area contributed by atoms with Gasteiger partial charge in [-0.25, -0.2) is 4.68 Å². The molecule has 5 rings (SSSR count). The third kappa shape index (κ3) is 4.97. The molecule has 2 heterocycles. The molecule has 1 aliphatic rings. The maximum absolute atomic E-state index is 13.2. The lowest BCUT2D eigenvalue weighted by atomic mass is 10.0. The molecule has 0 aliphatic carbocycles. The van der Waals surface area contributed by atoms with Crippen molar-refractivity contribution in [3.63, 3.8) is 0 Å². The Bertz CT molecular complexity index is 1340. The smallest absolute Gasteiger partial charge is 0.255 e. The lowest BCUT2D eigenvalue weighted by Crippen LogP contribution is -2.35. The monoisotopic (exact) mass is 471 g/mol. The number of ether oxygens (including phenoxy) is 3. The molecule has 178 valence electrons. The first-order chi connectivity index (χ1) is 17.1. The minimum atomic E-state index is -0.907. The van der Waals surface area contributed by atoms with Crippen molar-refractivity contribution >= 4 is 5.91 Å². The van der Waals surface area contributed by atoms with Crippen LogP contribution >= 0.6 is 0 Å². The molecule has 0 spiro atoms. The molecule has 1 atom stereocenters. The molecule has 0 saturated heterocycles. The number of nitrogens with one attached hydrogen (secondary N) is 1. The fourth-order valence-electron chi connectivity index (χ4n) is 3.81. The number of aliphatic hydroxyl groups excluding tert-OH is 1. The molecule has 8 nitrogen and oxygen atoms in total. The quantitative estimate of drug-likeness (QED) is 0.407. The normalized spacial score (nSPS) is 12.9. The van der Waals surface area contributed by atoms with Crippen LogP contribution in [0.15, 0.2) is 79.0 Å². The number of aryl methyl sites for hydroxylation is 1. The highest BCUT2D eigenvalue weighted by molar-refractivity contribution is 6.00. The van der Waals surface area contributed by atoms with Crippen molar-refractivity contribution in [2.24, 2.45) is 0 Å². The van der Waals surface area contributed by atoms with E-state index in [1.165, 1.54) is 0 Å². The Hall–Kier alpha value is -4.30. The number of para-hydroxylation sites is 1. The molecular formula is C27H25N3O5. The SMILES string of the molecule is Cc1ccccc1-c1nn(-c2ccccc2)cc1C(=O)NCC(O)COc1ccc2c(c1)OCO2. The van der Waals surface area contributed by atoms with Crippen molar-refractivity contribution in [3.8, 4) is 34.2 Å². The first kappa shape index (κ1) is 22.5. The van der Waals surface area contributed by atoms with Gasteiger partial charge in [0.15, 0.2) is 11.5 Å². The molecule has 1 aromatic heterocycles. The van der Waals surface area contributed by atoms with E-state index >= 15 is 0 Å². The topological polar surface area (TPSA) is 94.8 Å². The summed E-state index contributed by atoms with van der Waals surface area (Å²) in [5, 5.41) is 17.9. The van der Waals surface area contributed by atoms with Crippen molar-refractivity contribution in [2.75, 3.05) is 19.9 Å². The summed E-state index contributed by atoms with van der Waals surface area (Å²) in [5.74, 6) is 1.48. The van der Waals surface area contributed by atoms with Crippen LogP contribution in [0, 0.1) is 6.92 Å². The summed E-state index contributed by atoms with van der Waals surface area (Å²) < 4.78 is 18.0. The predicted molar refractivity (Wildman–Crippen MR) is 130 cm³/mol. The number of nitrogens with zero attached hydrogens (tertiary/aromatic N) is 2. The van der Waals surface area contributed by atoms with Gasteiger partial charge in [0, 0.05) is 24.4 Å². The number of carbonyl (C=O) groups excluding carboxylic acids is 1. The van der Waals surface area contributed by atoms with Gasteiger partial charge in [-0.2, -0.15) is 5.10 Å². The summed E-state index contributed by atoms with van der Waals surface area (Å²) in [6.07, 6.45) is 0.803. The molecule has 3 aromatic carbocycles. The van der Waals surface area contributed by atoms with E-state index in [2.05, 4.69) is 5.32 Å². The zero-order chi connectivity index (χ0) is 24.2. The summed E-state index contributed by atoms with van der Waals surface area (Å²) in [7, 11) is 0. The van der Waals surface area contributed by atoms with Gasteiger partial charge in [0.25, 0.3) is 5.91 Å². The van der Waals surface area contributed by atoms with E-state index < -0.39 is 6.10 Å². The third-order valence-electron chi connectivity index (χ3n) is 5.66. The highest BCUT2D eigenvalue weighted by Crippen LogP contribution is 2.35. The van der Waals surface area contributed by atoms with Crippen LogP contribution in [0.3, 0.4) is 0 Å². The standard InChI is InChI=1S/C27H25N3O5/c1-18-7-5-6-10-22(18)26-23(15-30(29-26)19-8-3-2-4-9-19)27(32)28-14-20(31)16-33-21-11-12-24-25(13-21)35-17-34-24/h2-13,15,20,31H,14,16-17H2,1H3,(H,28,32). The Morgan fingerprint density at radius 1 is 1.09 bits per heavy atom. The van der Waals surface area contributed by atoms with E-state index in [-0.39, 0.29) is 25.9 Å². The molecule has 1 unspecified atom stereocenters. The molecule has 4 aromatic rings. The molecule has 0 bridgehead atoms. The molecule has 35 heavy (non-hydrogen) atoms. The van der Waals surface area contributed by atoms with E-state index in [4.69, 9.17) is 19.3 Å². The van der Waals surface area contributed by atoms with Crippen LogP contribution in [0.4, 0.5) is 0 Å². The number of fused-ring (bicyclic) bond motifs is 1. The largest absolute Gasteiger partial charge is 0.491 e. The minimum absolute atomic E-state index is 0.00779. The number of aromatic nitrogens is 2. The summed E-state index contributed by atoms with van der Waals surface area (Å²) in [5.41, 5.74) is 3.73. The van der Waals surface area contributed by atoms with Gasteiger partial charge in [-0.05, 0) is 36.8 Å². The fraction of sp³-hybridized carbons (Fsp3) is 0.185. The number of amides is 1. The highest BCUT2D eigenvalue weighted by atomic mass is 16.7. The summed E-state index contributed by atoms with van der Waals surface area (Å²) >= 11 is 0. The second-order valence-corrected chi connectivity index (χ2v) is 8.18. The van der Waals surface area contributed by atoms with Gasteiger partial charge < -0.3 is 24.6 Å². The van der Waals surface area contributed by atoms with E-state index in [0.717, 1.165) is 16.8 Å². The van der Waals surface area contributed by atoms with Crippen LogP contribution in [-0.4, -0.2) is 46.8 Å². The average molecular weight is 472 g/mol. The van der Waals surface area contributed by atoms with Crippen molar-refractivity contribution < 1.29 is 24.1 Å². The van der Waals surface area contributed by atoms with Gasteiger partial charge >= 0.3 is 0 Å². The Morgan fingerprint density at radius 3 is 2.69 bits per heavy atom. The van der Waals surface area contributed by atoms with E-state index in [0.29, 0.717) is 28.5 Å². The van der Waals surface area contributed by atoms with Crippen LogP contribution in [-0.2, 0) is 0 Å². The van der Waals surface area contributed by atoms with Crippen LogP contribution < -0.4 is 19.5 Å². The van der Waals surface area contributed by atoms with Crippen LogP contribution in [0.1, 0.15) is 15.9 Å². The lowest BCUT2D eigenvalue weighted by Gasteiger charge is -2.14. The van der Waals surface area contributed by atoms with Crippen molar-refractivity contribution in [2.45, 2.75) is 13.0 Å². The molecule has 0 saturated carbocycles. The molecule has 0 fully saturated rings. The van der Waals surface area contributed by atoms with E-state index in [9.17, 15) is 9.90 Å². The van der Waals surface area contributed by atoms with Gasteiger partial charge in [0.2, 0.25) is 6.79 Å². The van der Waals surface area contributed by atoms with Gasteiger partial charge in [-0.3, -0.25) is 4.79 Å². The molecule has 2 N–H and O–H groups in total. The highest BCUT2D eigenvalue weighted by Gasteiger charge is 2.21. The maximum Gasteiger partial charge on any atom is 0.255 e. The Labute approximate surface area is 202 Å². The number of carbonyl (C=O) groups is 1. The van der Waals surface area contributed by atoms with E-state index in [1.807, 2.05) is 61.5 Å². The first-order valence-corrected chi connectivity index (χ1v) is 11.3. The second-order valence-electron chi connectivity index (χ2n) is 8.18. The van der Waals surface area contributed by atoms with Crippen LogP contribution in [0.25, 0.3) is 16.9 Å². The molecule has 1 aliphatic heterocycles. The zero-order valence-corrected chi connectivity index (χ0v) is 19.2. The Morgan fingerprint density at radius 2 is 1.86 bits per heavy atom. The van der Waals surface area contributed by atoms with Crippen LogP contribution in [0.2, 0.25) is 0 Å². The first-order valence-electron chi connectivity index (χ1n) is 11.3. The molecule has 1 amide bonds. The average Bonchev–Trinajstić information content (AvgIpc) is 3.54. The lowest BCUT2D eigenvalue weighted by molar-refractivity contribution is 0.0844. The summed E-state index contributed by atoms with van der Waals surface area (Å²) in [6, 6.07) is 22.6. The molecular weight excluding hydrogens is 446 g/mol. The maximum atomic E-state index is 13.2. The van der Waals surface area contributed by atoms with Crippen molar-refractivity contribution in [3.05, 3.63) is 90.1 Å². The number of hydrogen-bond acceptors (Lipinski definition) is 6. The van der Waals surface area contributed by atoms with Crippen molar-refractivity contribution in [1.82, 2.24) is 15.1 Å². The van der Waals surface area contributed by atoms with Gasteiger partial charge in [-0.1, -0.05) is 42.5 Å². The Balaban J connectivity index is 1.28. The number of aliphatic hydroxyl groups is 1. The second kappa shape index (κ2) is 9.90. The fourth-order valence-corrected chi connectivity index (χ4v) is 3.81. The zero-order valence-electron chi connectivity index (χ0n) is 19.2.